The van der Waals surface area contributed by atoms with Crippen LogP contribution in [0.25, 0.3) is 11.2 Å². The lowest BCUT2D eigenvalue weighted by Gasteiger charge is -2.70. The van der Waals surface area contributed by atoms with Crippen LogP contribution >= 0.6 is 0 Å². The number of hydrogen-bond acceptors (Lipinski definition) is 7. The predicted octanol–water partition coefficient (Wildman–Crippen LogP) is 5.12. The normalized spacial score (nSPS) is 29.5. The topological polar surface area (TPSA) is 76.9 Å². The van der Waals surface area contributed by atoms with E-state index in [1.54, 1.807) is 6.20 Å². The predicted molar refractivity (Wildman–Crippen MR) is 128 cm³/mol. The van der Waals surface area contributed by atoms with Gasteiger partial charge in [-0.3, -0.25) is 0 Å². The van der Waals surface area contributed by atoms with E-state index in [9.17, 15) is 13.2 Å². The van der Waals surface area contributed by atoms with Gasteiger partial charge in [-0.2, -0.15) is 13.2 Å². The highest BCUT2D eigenvalue weighted by Crippen LogP contribution is 2.78. The summed E-state index contributed by atoms with van der Waals surface area (Å²) in [5.74, 6) is 1.50. The smallest absolute Gasteiger partial charge is 0.373 e. The van der Waals surface area contributed by atoms with Gasteiger partial charge in [-0.25, -0.2) is 24.9 Å². The van der Waals surface area contributed by atoms with Crippen LogP contribution in [0.4, 0.5) is 19.0 Å². The number of aromatic nitrogens is 5. The van der Waals surface area contributed by atoms with Gasteiger partial charge in [0.05, 0.1) is 28.6 Å². The fourth-order valence-corrected chi connectivity index (χ4v) is 6.16. The molecule has 7 nitrogen and oxygen atoms in total. The van der Waals surface area contributed by atoms with Crippen LogP contribution in [0, 0.1) is 19.3 Å². The summed E-state index contributed by atoms with van der Waals surface area (Å²) in [4.78, 5) is 25.5. The van der Waals surface area contributed by atoms with Crippen LogP contribution in [0.3, 0.4) is 0 Å². The van der Waals surface area contributed by atoms with Gasteiger partial charge in [0.15, 0.2) is 5.65 Å². The molecular formula is C26H29F3N6O. The van der Waals surface area contributed by atoms with Crippen molar-refractivity contribution in [2.75, 3.05) is 25.6 Å². The van der Waals surface area contributed by atoms with E-state index in [0.29, 0.717) is 35.7 Å². The lowest BCUT2D eigenvalue weighted by molar-refractivity contribution is -0.337. The maximum absolute atomic E-state index is 13.6. The minimum atomic E-state index is -4.18. The maximum atomic E-state index is 13.6. The van der Waals surface area contributed by atoms with Crippen molar-refractivity contribution in [1.82, 2.24) is 24.9 Å². The molecule has 2 bridgehead atoms. The van der Waals surface area contributed by atoms with Gasteiger partial charge >= 0.3 is 6.18 Å². The first kappa shape index (κ1) is 23.5. The molecule has 4 heterocycles. The zero-order valence-corrected chi connectivity index (χ0v) is 20.9. The third-order valence-corrected chi connectivity index (χ3v) is 8.34. The number of alkyl halides is 3. The highest BCUT2D eigenvalue weighted by Gasteiger charge is 2.79. The van der Waals surface area contributed by atoms with Gasteiger partial charge in [-0.1, -0.05) is 0 Å². The van der Waals surface area contributed by atoms with E-state index in [1.807, 2.05) is 45.0 Å². The lowest BCUT2D eigenvalue weighted by Crippen LogP contribution is -2.70. The molecular weight excluding hydrogens is 469 g/mol. The molecule has 2 atom stereocenters. The van der Waals surface area contributed by atoms with E-state index in [0.717, 1.165) is 29.2 Å². The zero-order chi connectivity index (χ0) is 25.5. The molecule has 2 unspecified atom stereocenters. The van der Waals surface area contributed by atoms with Crippen molar-refractivity contribution in [2.45, 2.75) is 69.6 Å². The van der Waals surface area contributed by atoms with E-state index >= 15 is 0 Å². The van der Waals surface area contributed by atoms with E-state index in [1.165, 1.54) is 0 Å². The molecule has 7 rings (SSSR count). The van der Waals surface area contributed by atoms with Gasteiger partial charge in [-0.15, -0.1) is 0 Å². The Morgan fingerprint density at radius 1 is 1.03 bits per heavy atom. The van der Waals surface area contributed by atoms with Gasteiger partial charge in [0.2, 0.25) is 0 Å². The quantitative estimate of drug-likeness (QED) is 0.494. The van der Waals surface area contributed by atoms with Crippen LogP contribution in [0.1, 0.15) is 72.6 Å². The Kier molecular flexibility index (Phi) is 5.10. The molecule has 0 radical (unpaired) electrons. The number of anilines is 1. The van der Waals surface area contributed by atoms with Gasteiger partial charge in [-0.05, 0) is 63.6 Å². The molecule has 3 aliphatic carbocycles. The van der Waals surface area contributed by atoms with Gasteiger partial charge in [0.1, 0.15) is 17.2 Å². The fraction of sp³-hybridized carbons (Fsp3) is 0.577. The summed E-state index contributed by atoms with van der Waals surface area (Å²) in [6.45, 7) is 4.28. The summed E-state index contributed by atoms with van der Waals surface area (Å²) < 4.78 is 46.9. The highest BCUT2D eigenvalue weighted by molar-refractivity contribution is 5.75. The van der Waals surface area contributed by atoms with Crippen LogP contribution < -0.4 is 4.90 Å². The molecule has 36 heavy (non-hydrogen) atoms. The molecule has 3 aromatic rings. The maximum Gasteiger partial charge on any atom is 0.394 e. The average Bonchev–Trinajstić information content (AvgIpc) is 2.77. The molecule has 0 spiro atoms. The second-order valence-electron chi connectivity index (χ2n) is 11.0. The largest absolute Gasteiger partial charge is 0.394 e. The third kappa shape index (κ3) is 3.48. The molecule has 1 saturated heterocycles. The van der Waals surface area contributed by atoms with E-state index in [2.05, 4.69) is 9.97 Å². The summed E-state index contributed by atoms with van der Waals surface area (Å²) >= 11 is 0. The van der Waals surface area contributed by atoms with E-state index in [-0.39, 0.29) is 31.3 Å². The third-order valence-electron chi connectivity index (χ3n) is 8.34. The number of fused-ring (bicyclic) bond motifs is 1. The lowest BCUT2D eigenvalue weighted by atomic mass is 9.34. The monoisotopic (exact) mass is 498 g/mol. The van der Waals surface area contributed by atoms with Gasteiger partial charge in [0, 0.05) is 38.2 Å². The first-order valence-electron chi connectivity index (χ1n) is 12.4. The second-order valence-corrected chi connectivity index (χ2v) is 11.0. The molecule has 0 N–H and O–H groups in total. The fourth-order valence-electron chi connectivity index (χ4n) is 6.16. The number of hydrogen-bond donors (Lipinski definition) is 0. The first-order chi connectivity index (χ1) is 17.0. The molecule has 3 saturated carbocycles. The molecule has 3 aromatic heterocycles. The Balaban J connectivity index is 1.36. The summed E-state index contributed by atoms with van der Waals surface area (Å²) in [6, 6.07) is 3.98. The number of rotatable bonds is 4. The van der Waals surface area contributed by atoms with Crippen LogP contribution in [-0.4, -0.2) is 51.8 Å². The van der Waals surface area contributed by atoms with E-state index < -0.39 is 17.0 Å². The summed E-state index contributed by atoms with van der Waals surface area (Å²) in [5, 5.41) is 0. The Labute approximate surface area is 207 Å². The molecule has 190 valence electrons. The number of pyridine rings is 1. The Bertz CT molecular complexity index is 1340. The average molecular weight is 499 g/mol. The van der Waals surface area contributed by atoms with Crippen LogP contribution in [0.15, 0.2) is 18.3 Å². The molecule has 0 aromatic carbocycles. The number of nitrogens with zero attached hydrogens (tertiary/aromatic N) is 6. The van der Waals surface area contributed by atoms with Crippen LogP contribution in [-0.2, 0) is 10.2 Å². The number of halogens is 3. The Hall–Kier alpha value is -2.88. The van der Waals surface area contributed by atoms with Crippen LogP contribution in [0.5, 0.6) is 0 Å². The van der Waals surface area contributed by atoms with Gasteiger partial charge < -0.3 is 9.64 Å². The van der Waals surface area contributed by atoms with Crippen LogP contribution in [0.2, 0.25) is 0 Å². The number of aryl methyl sites for hydroxylation is 2. The van der Waals surface area contributed by atoms with Crippen molar-refractivity contribution in [3.8, 4) is 0 Å². The van der Waals surface area contributed by atoms with E-state index in [4.69, 9.17) is 19.7 Å². The van der Waals surface area contributed by atoms with Crippen molar-refractivity contribution < 1.29 is 17.9 Å². The molecule has 10 heteroatoms. The summed E-state index contributed by atoms with van der Waals surface area (Å²) in [7, 11) is 3.89. The van der Waals surface area contributed by atoms with Crippen molar-refractivity contribution in [2.24, 2.45) is 5.41 Å². The highest BCUT2D eigenvalue weighted by atomic mass is 19.4. The minimum Gasteiger partial charge on any atom is -0.373 e. The minimum absolute atomic E-state index is 0.00945. The van der Waals surface area contributed by atoms with Crippen molar-refractivity contribution >= 4 is 17.0 Å². The second kappa shape index (κ2) is 7.81. The summed E-state index contributed by atoms with van der Waals surface area (Å²) in [5.41, 5.74) is 2.07. The molecule has 4 fully saturated rings. The Morgan fingerprint density at radius 2 is 1.75 bits per heavy atom. The SMILES string of the molecule is Cc1nc2nc(C3CCOC(c4ccnc(N(C)C)c4)C3)nc(C34CC(C(F)(F)F)(C3)C4)c2nc1C. The molecule has 0 amide bonds. The van der Waals surface area contributed by atoms with Crippen molar-refractivity contribution in [1.29, 1.82) is 0 Å². The van der Waals surface area contributed by atoms with Gasteiger partial charge in [0.25, 0.3) is 0 Å². The summed E-state index contributed by atoms with van der Waals surface area (Å²) in [6.07, 6.45) is -0.892. The number of ether oxygens (including phenoxy) is 1. The standard InChI is InChI=1S/C26H29F3N6O/c1-14-15(2)32-23-20(31-14)21(24-11-25(12-24,13-24)26(27,28)29)33-22(34-23)17-6-8-36-18(9-17)16-5-7-30-19(10-16)35(3)4/h5,7,10,17-18H,6,8-9,11-13H2,1-4H3. The first-order valence-corrected chi connectivity index (χ1v) is 12.4. The van der Waals surface area contributed by atoms with Crippen molar-refractivity contribution in [3.63, 3.8) is 0 Å². The molecule has 4 aliphatic rings. The zero-order valence-electron chi connectivity index (χ0n) is 20.9. The van der Waals surface area contributed by atoms with Crippen molar-refractivity contribution in [3.05, 3.63) is 46.8 Å². The Morgan fingerprint density at radius 3 is 2.44 bits per heavy atom. The molecule has 1 aliphatic heterocycles.